The number of fused-ring (bicyclic) bond motifs is 2. The summed E-state index contributed by atoms with van der Waals surface area (Å²) in [6, 6.07) is 29.9. The average Bonchev–Trinajstić information content (AvgIpc) is 3.25. The van der Waals surface area contributed by atoms with Crippen LogP contribution in [-0.4, -0.2) is 9.98 Å². The molecule has 0 spiro atoms. The third-order valence-corrected chi connectivity index (χ3v) is 39.6. The molecular formula is C27H26Cl2GeZr. The summed E-state index contributed by atoms with van der Waals surface area (Å²) >= 11 is -2.00. The van der Waals surface area contributed by atoms with E-state index in [0.29, 0.717) is 7.25 Å². The Kier molecular flexibility index (Phi) is 8.30. The summed E-state index contributed by atoms with van der Waals surface area (Å²) in [7, 11) is -1.40. The zero-order valence-corrected chi connectivity index (χ0v) is 24.1. The van der Waals surface area contributed by atoms with E-state index in [2.05, 4.69) is 111 Å². The number of allylic oxidation sites excluding steroid dienone is 2. The Balaban J connectivity index is 0.00000136. The summed E-state index contributed by atoms with van der Waals surface area (Å²) in [6.07, 6.45) is 4.97. The first-order valence-electron chi connectivity index (χ1n) is 10.5. The molecule has 0 amide bonds. The van der Waals surface area contributed by atoms with E-state index < -0.39 is 28.6 Å². The molecule has 0 nitrogen and oxygen atoms in total. The van der Waals surface area contributed by atoms with Gasteiger partial charge in [-0.25, -0.2) is 0 Å². The minimum absolute atomic E-state index is 0. The zero-order chi connectivity index (χ0) is 20.0. The summed E-state index contributed by atoms with van der Waals surface area (Å²) in [5, 5.41) is 0. The second-order valence-corrected chi connectivity index (χ2v) is 34.0. The summed E-state index contributed by atoms with van der Waals surface area (Å²) in [4.78, 5) is 0. The molecule has 0 saturated carbocycles. The van der Waals surface area contributed by atoms with Crippen LogP contribution in [0.5, 0.6) is 0 Å². The molecule has 31 heavy (non-hydrogen) atoms. The van der Waals surface area contributed by atoms with Gasteiger partial charge in [0.25, 0.3) is 0 Å². The summed E-state index contributed by atoms with van der Waals surface area (Å²) in [5.41, 5.74) is 9.44. The van der Waals surface area contributed by atoms with E-state index in [-0.39, 0.29) is 24.8 Å². The average molecular weight is 585 g/mol. The van der Waals surface area contributed by atoms with Crippen molar-refractivity contribution in [3.63, 3.8) is 0 Å². The molecule has 4 heteroatoms. The van der Waals surface area contributed by atoms with Gasteiger partial charge in [0.2, 0.25) is 0 Å². The standard InChI is InChI=1S/2C10H9.C7H8Ge.2ClH.Zr/c2*1-8-6-9-4-2-3-5-10(9)7-8;1-8-7-5-3-2-4-6-7;;;/h2*2-7H,1H3;2-6H,1H3;2*1H;/q;;;;;+2/p-2. The van der Waals surface area contributed by atoms with Crippen LogP contribution in [-0.2, 0) is 18.6 Å². The molecule has 0 aliphatic heterocycles. The Hall–Kier alpha value is -0.854. The molecule has 5 rings (SSSR count). The molecule has 0 N–H and O–H groups in total. The molecule has 0 fully saturated rings. The summed E-state index contributed by atoms with van der Waals surface area (Å²) < 4.78 is 3.12. The van der Waals surface area contributed by atoms with Crippen LogP contribution >= 0.6 is 0 Å². The molecule has 2 unspecified atom stereocenters. The first kappa shape index (κ1) is 24.8. The van der Waals surface area contributed by atoms with E-state index >= 15 is 0 Å². The first-order valence-corrected chi connectivity index (χ1v) is 23.9. The third-order valence-electron chi connectivity index (χ3n) is 6.55. The SMILES string of the molecule is CC1=Cc2ccccc2[CH]1[Zr+2]([CH]1C(C)=Cc2ccccc21)=[Ge]([CH3])[c]1ccccc1.[Cl-].[Cl-]. The summed E-state index contributed by atoms with van der Waals surface area (Å²) in [6.45, 7) is 4.81. The van der Waals surface area contributed by atoms with Gasteiger partial charge in [-0.2, -0.15) is 0 Å². The van der Waals surface area contributed by atoms with Gasteiger partial charge in [-0.1, -0.05) is 0 Å². The fraction of sp³-hybridized carbons (Fsp3) is 0.185. The maximum atomic E-state index is 2.69. The minimum Gasteiger partial charge on any atom is -1.00 e. The van der Waals surface area contributed by atoms with Crippen molar-refractivity contribution in [3.8, 4) is 0 Å². The van der Waals surface area contributed by atoms with Gasteiger partial charge in [0.15, 0.2) is 0 Å². The van der Waals surface area contributed by atoms with Gasteiger partial charge in [0.05, 0.1) is 0 Å². The topological polar surface area (TPSA) is 0 Å². The smallest absolute Gasteiger partial charge is 1.00 e. The second-order valence-electron chi connectivity index (χ2n) is 8.35. The van der Waals surface area contributed by atoms with Gasteiger partial charge in [-0.3, -0.25) is 0 Å². The Labute approximate surface area is 207 Å². The second kappa shape index (κ2) is 10.4. The number of hydrogen-bond acceptors (Lipinski definition) is 0. The maximum Gasteiger partial charge on any atom is -1.00 e. The summed E-state index contributed by atoms with van der Waals surface area (Å²) in [5.74, 6) is 2.69. The van der Waals surface area contributed by atoms with E-state index in [1.165, 1.54) is 11.1 Å². The maximum absolute atomic E-state index is 2.69. The minimum atomic E-state index is -2.00. The quantitative estimate of drug-likeness (QED) is 0.393. The number of halogens is 2. The molecule has 0 saturated heterocycles. The van der Waals surface area contributed by atoms with E-state index in [1.807, 2.05) is 0 Å². The predicted octanol–water partition coefficient (Wildman–Crippen LogP) is 0.458. The van der Waals surface area contributed by atoms with Gasteiger partial charge in [-0.05, 0) is 0 Å². The fourth-order valence-electron chi connectivity index (χ4n) is 5.24. The van der Waals surface area contributed by atoms with Crippen molar-refractivity contribution in [3.05, 3.63) is 112 Å². The van der Waals surface area contributed by atoms with Crippen LogP contribution in [0.1, 0.15) is 43.4 Å². The van der Waals surface area contributed by atoms with Crippen molar-refractivity contribution in [2.75, 3.05) is 0 Å². The van der Waals surface area contributed by atoms with Crippen molar-refractivity contribution in [2.45, 2.75) is 26.9 Å². The van der Waals surface area contributed by atoms with Crippen LogP contribution < -0.4 is 29.2 Å². The normalized spacial score (nSPS) is 17.7. The molecular weight excluding hydrogens is 559 g/mol. The predicted molar refractivity (Wildman–Crippen MR) is 123 cm³/mol. The third kappa shape index (κ3) is 4.49. The van der Waals surface area contributed by atoms with E-state index in [0.717, 1.165) is 0 Å². The molecule has 2 aliphatic rings. The Morgan fingerprint density at radius 3 is 1.52 bits per heavy atom. The van der Waals surface area contributed by atoms with Crippen molar-refractivity contribution in [1.82, 2.24) is 0 Å². The number of rotatable bonds is 3. The van der Waals surface area contributed by atoms with Gasteiger partial charge in [0.1, 0.15) is 0 Å². The number of hydrogen-bond donors (Lipinski definition) is 0. The van der Waals surface area contributed by atoms with Gasteiger partial charge in [0, 0.05) is 0 Å². The van der Waals surface area contributed by atoms with Gasteiger partial charge < -0.3 is 24.8 Å². The van der Waals surface area contributed by atoms with Crippen LogP contribution in [0.15, 0.2) is 90.0 Å². The van der Waals surface area contributed by atoms with Gasteiger partial charge >= 0.3 is 184 Å². The van der Waals surface area contributed by atoms with Crippen molar-refractivity contribution in [2.24, 2.45) is 0 Å². The molecule has 2 aliphatic carbocycles. The van der Waals surface area contributed by atoms with E-state index in [4.69, 9.17) is 0 Å². The molecule has 0 radical (unpaired) electrons. The monoisotopic (exact) mass is 584 g/mol. The molecule has 0 heterocycles. The molecule has 3 aromatic carbocycles. The van der Waals surface area contributed by atoms with Crippen molar-refractivity contribution < 1.29 is 43.4 Å². The van der Waals surface area contributed by atoms with Gasteiger partial charge in [-0.15, -0.1) is 0 Å². The van der Waals surface area contributed by atoms with Crippen LogP contribution in [0.2, 0.25) is 5.76 Å². The van der Waals surface area contributed by atoms with Crippen LogP contribution in [0.3, 0.4) is 0 Å². The molecule has 156 valence electrons. The number of benzene rings is 3. The van der Waals surface area contributed by atoms with Crippen LogP contribution in [0.4, 0.5) is 0 Å². The Bertz CT molecular complexity index is 1130. The van der Waals surface area contributed by atoms with E-state index in [9.17, 15) is 0 Å². The largest absolute Gasteiger partial charge is 1.00 e. The Morgan fingerprint density at radius 1 is 0.613 bits per heavy atom. The van der Waals surface area contributed by atoms with Crippen LogP contribution in [0.25, 0.3) is 12.2 Å². The van der Waals surface area contributed by atoms with Crippen molar-refractivity contribution >= 4 is 26.5 Å². The Morgan fingerprint density at radius 2 is 1.03 bits per heavy atom. The van der Waals surface area contributed by atoms with E-state index in [1.54, 1.807) is 26.7 Å². The first-order chi connectivity index (χ1) is 14.1. The molecule has 0 bridgehead atoms. The van der Waals surface area contributed by atoms with Crippen molar-refractivity contribution in [1.29, 1.82) is 0 Å². The molecule has 2 atom stereocenters. The fourth-order valence-corrected chi connectivity index (χ4v) is 42.7. The molecule has 0 aromatic heterocycles. The zero-order valence-electron chi connectivity index (χ0n) is 18.1. The molecule has 3 aromatic rings. The van der Waals surface area contributed by atoms with Crippen LogP contribution in [0, 0.1) is 0 Å².